The van der Waals surface area contributed by atoms with Crippen molar-refractivity contribution in [3.05, 3.63) is 58.8 Å². The number of nitrogens with zero attached hydrogens (tertiary/aromatic N) is 3. The van der Waals surface area contributed by atoms with Crippen LogP contribution in [0.2, 0.25) is 0 Å². The molecule has 4 amide bonds. The molecule has 8 nitrogen and oxygen atoms in total. The number of anilines is 1. The van der Waals surface area contributed by atoms with Crippen molar-refractivity contribution in [1.82, 2.24) is 20.5 Å². The number of amides is 4. The molecule has 0 bridgehead atoms. The molecule has 3 fully saturated rings. The van der Waals surface area contributed by atoms with Gasteiger partial charge in [-0.2, -0.15) is 0 Å². The summed E-state index contributed by atoms with van der Waals surface area (Å²) in [7, 11) is 0. The van der Waals surface area contributed by atoms with Crippen LogP contribution in [0.3, 0.4) is 0 Å². The Kier molecular flexibility index (Phi) is 4.87. The van der Waals surface area contributed by atoms with Crippen molar-refractivity contribution in [1.29, 1.82) is 0 Å². The van der Waals surface area contributed by atoms with Crippen molar-refractivity contribution in [3.63, 3.8) is 0 Å². The zero-order valence-corrected chi connectivity index (χ0v) is 18.4. The fraction of sp³-hybridized carbons (Fsp3) is 0.417. The van der Waals surface area contributed by atoms with E-state index < -0.39 is 17.5 Å². The number of aromatic nitrogens is 1. The van der Waals surface area contributed by atoms with Gasteiger partial charge in [-0.15, -0.1) is 0 Å². The second-order valence-electron chi connectivity index (χ2n) is 9.07. The number of hydrogen-bond acceptors (Lipinski definition) is 5. The van der Waals surface area contributed by atoms with Crippen LogP contribution in [0.15, 0.2) is 36.5 Å². The van der Waals surface area contributed by atoms with E-state index in [1.807, 2.05) is 11.1 Å². The first-order valence-corrected chi connectivity index (χ1v) is 11.1. The molecule has 2 aromatic rings. The van der Waals surface area contributed by atoms with E-state index >= 15 is 0 Å². The molecule has 1 aromatic carbocycles. The zero-order valence-electron chi connectivity index (χ0n) is 18.4. The van der Waals surface area contributed by atoms with E-state index in [0.29, 0.717) is 30.1 Å². The SMILES string of the molecule is Cc1cc(C2CC2)cnc1N1CCN(C(=O)c2ccc([C@@]3(C)NC(=O)NC3=O)cc2)CC1. The lowest BCUT2D eigenvalue weighted by Gasteiger charge is -2.36. The number of rotatable bonds is 4. The average Bonchev–Trinajstić information content (AvgIpc) is 3.60. The summed E-state index contributed by atoms with van der Waals surface area (Å²) in [6.07, 6.45) is 4.54. The zero-order chi connectivity index (χ0) is 22.5. The minimum atomic E-state index is -1.12. The lowest BCUT2D eigenvalue weighted by molar-refractivity contribution is -0.123. The number of carbonyl (C=O) groups excluding carboxylic acids is 3. The number of nitrogens with one attached hydrogen (secondary N) is 2. The second-order valence-corrected chi connectivity index (χ2v) is 9.07. The summed E-state index contributed by atoms with van der Waals surface area (Å²) in [6, 6.07) is 8.63. The molecule has 3 aliphatic rings. The van der Waals surface area contributed by atoms with Gasteiger partial charge in [0.25, 0.3) is 11.8 Å². The maximum atomic E-state index is 13.0. The molecule has 1 saturated carbocycles. The molecule has 0 radical (unpaired) electrons. The van der Waals surface area contributed by atoms with Gasteiger partial charge in [-0.25, -0.2) is 9.78 Å². The summed E-state index contributed by atoms with van der Waals surface area (Å²) in [5.41, 5.74) is 2.62. The molecule has 1 aliphatic carbocycles. The largest absolute Gasteiger partial charge is 0.353 e. The summed E-state index contributed by atoms with van der Waals surface area (Å²) in [5.74, 6) is 1.27. The Bertz CT molecular complexity index is 1090. The summed E-state index contributed by atoms with van der Waals surface area (Å²) in [4.78, 5) is 45.5. The number of piperazine rings is 1. The van der Waals surface area contributed by atoms with Gasteiger partial charge in [0.1, 0.15) is 11.4 Å². The van der Waals surface area contributed by atoms with Crippen molar-refractivity contribution in [2.75, 3.05) is 31.1 Å². The molecule has 2 N–H and O–H groups in total. The lowest BCUT2D eigenvalue weighted by atomic mass is 9.91. The van der Waals surface area contributed by atoms with Crippen LogP contribution < -0.4 is 15.5 Å². The fourth-order valence-electron chi connectivity index (χ4n) is 4.56. The Morgan fingerprint density at radius 3 is 2.34 bits per heavy atom. The molecule has 8 heteroatoms. The first-order chi connectivity index (χ1) is 15.3. The number of hydrogen-bond donors (Lipinski definition) is 2. The van der Waals surface area contributed by atoms with Crippen molar-refractivity contribution in [2.45, 2.75) is 38.1 Å². The molecular weight excluding hydrogens is 406 g/mol. The third kappa shape index (κ3) is 3.59. The standard InChI is InChI=1S/C24H27N5O3/c1-15-13-18(16-3-4-16)14-25-20(15)28-9-11-29(12-10-28)21(30)17-5-7-19(8-6-17)24(2)22(31)26-23(32)27-24/h5-8,13-14,16H,3-4,9-12H2,1-2H3,(H2,26,27,31,32)/t24-/m1/s1. The maximum Gasteiger partial charge on any atom is 0.322 e. The summed E-state index contributed by atoms with van der Waals surface area (Å²) < 4.78 is 0. The van der Waals surface area contributed by atoms with Gasteiger partial charge in [-0.05, 0) is 61.4 Å². The van der Waals surface area contributed by atoms with Crippen LogP contribution in [0.4, 0.5) is 10.6 Å². The van der Waals surface area contributed by atoms with E-state index in [1.165, 1.54) is 24.0 Å². The van der Waals surface area contributed by atoms with Gasteiger partial charge in [0.2, 0.25) is 0 Å². The highest BCUT2D eigenvalue weighted by atomic mass is 16.2. The highest BCUT2D eigenvalue weighted by Gasteiger charge is 2.43. The molecule has 0 unspecified atom stereocenters. The van der Waals surface area contributed by atoms with E-state index in [4.69, 9.17) is 4.98 Å². The number of benzene rings is 1. The molecule has 5 rings (SSSR count). The highest BCUT2D eigenvalue weighted by Crippen LogP contribution is 2.40. The summed E-state index contributed by atoms with van der Waals surface area (Å²) in [6.45, 7) is 6.50. The topological polar surface area (TPSA) is 94.6 Å². The molecule has 32 heavy (non-hydrogen) atoms. The van der Waals surface area contributed by atoms with Crippen LogP contribution in [0.5, 0.6) is 0 Å². The molecule has 2 saturated heterocycles. The Morgan fingerprint density at radius 1 is 1.09 bits per heavy atom. The van der Waals surface area contributed by atoms with Crippen molar-refractivity contribution < 1.29 is 14.4 Å². The van der Waals surface area contributed by atoms with Gasteiger partial charge in [-0.3, -0.25) is 14.9 Å². The van der Waals surface area contributed by atoms with Crippen molar-refractivity contribution in [3.8, 4) is 0 Å². The monoisotopic (exact) mass is 433 g/mol. The van der Waals surface area contributed by atoms with Crippen LogP contribution in [-0.4, -0.2) is 53.9 Å². The Morgan fingerprint density at radius 2 is 1.78 bits per heavy atom. The Labute approximate surface area is 187 Å². The van der Waals surface area contributed by atoms with Gasteiger partial charge in [0.15, 0.2) is 0 Å². The smallest absolute Gasteiger partial charge is 0.322 e. The molecule has 1 aromatic heterocycles. The fourth-order valence-corrected chi connectivity index (χ4v) is 4.56. The molecule has 3 heterocycles. The molecule has 2 aliphatic heterocycles. The molecule has 1 atom stereocenters. The quantitative estimate of drug-likeness (QED) is 0.722. The maximum absolute atomic E-state index is 13.0. The van der Waals surface area contributed by atoms with Crippen LogP contribution in [0, 0.1) is 6.92 Å². The number of aryl methyl sites for hydroxylation is 1. The predicted molar refractivity (Wildman–Crippen MR) is 120 cm³/mol. The second kappa shape index (κ2) is 7.62. The van der Waals surface area contributed by atoms with Gasteiger partial charge in [-0.1, -0.05) is 18.2 Å². The molecule has 0 spiro atoms. The average molecular weight is 434 g/mol. The van der Waals surface area contributed by atoms with E-state index in [-0.39, 0.29) is 5.91 Å². The third-order valence-electron chi connectivity index (χ3n) is 6.74. The van der Waals surface area contributed by atoms with Gasteiger partial charge in [0, 0.05) is 37.9 Å². The van der Waals surface area contributed by atoms with Gasteiger partial charge >= 0.3 is 6.03 Å². The third-order valence-corrected chi connectivity index (χ3v) is 6.74. The van der Waals surface area contributed by atoms with Crippen LogP contribution in [0.1, 0.15) is 52.7 Å². The van der Waals surface area contributed by atoms with E-state index in [9.17, 15) is 14.4 Å². The van der Waals surface area contributed by atoms with Crippen LogP contribution >= 0.6 is 0 Å². The first-order valence-electron chi connectivity index (χ1n) is 11.1. The molecule has 166 valence electrons. The van der Waals surface area contributed by atoms with Crippen LogP contribution in [0.25, 0.3) is 0 Å². The summed E-state index contributed by atoms with van der Waals surface area (Å²) in [5, 5.41) is 4.89. The Balaban J connectivity index is 1.23. The number of carbonyl (C=O) groups is 3. The number of urea groups is 1. The van der Waals surface area contributed by atoms with E-state index in [1.54, 1.807) is 31.2 Å². The van der Waals surface area contributed by atoms with Gasteiger partial charge in [0.05, 0.1) is 0 Å². The van der Waals surface area contributed by atoms with E-state index in [0.717, 1.165) is 18.9 Å². The molecular formula is C24H27N5O3. The normalized spacial score (nSPS) is 23.2. The van der Waals surface area contributed by atoms with E-state index in [2.05, 4.69) is 28.5 Å². The van der Waals surface area contributed by atoms with Crippen molar-refractivity contribution >= 4 is 23.7 Å². The minimum Gasteiger partial charge on any atom is -0.353 e. The summed E-state index contributed by atoms with van der Waals surface area (Å²) >= 11 is 0. The lowest BCUT2D eigenvalue weighted by Crippen LogP contribution is -2.49. The van der Waals surface area contributed by atoms with Crippen molar-refractivity contribution in [2.24, 2.45) is 0 Å². The minimum absolute atomic E-state index is 0.0324. The number of imide groups is 1. The highest BCUT2D eigenvalue weighted by molar-refractivity contribution is 6.07. The first kappa shape index (κ1) is 20.5. The predicted octanol–water partition coefficient (Wildman–Crippen LogP) is 2.28. The Hall–Kier alpha value is -3.42. The van der Waals surface area contributed by atoms with Gasteiger partial charge < -0.3 is 15.1 Å². The van der Waals surface area contributed by atoms with Crippen LogP contribution in [-0.2, 0) is 10.3 Å². The number of pyridine rings is 1.